The molecule has 1 aromatic rings. The molecule has 0 saturated heterocycles. The van der Waals surface area contributed by atoms with Crippen LogP contribution in [0.4, 0.5) is 0 Å². The van der Waals surface area contributed by atoms with Crippen LogP contribution in [0.2, 0.25) is 52.4 Å². The number of hydrogen-bond donors (Lipinski definition) is 0. The molecule has 0 fully saturated rings. The smallest absolute Gasteiger partial charge is 0.443 e. The number of Topliss-reactive ketones (excluding diaryl/α,β-unsaturated/α-hetero) is 1. The van der Waals surface area contributed by atoms with Crippen molar-refractivity contribution in [2.24, 2.45) is 0 Å². The second kappa shape index (κ2) is 9.29. The van der Waals surface area contributed by atoms with Crippen LogP contribution in [0, 0.1) is 0 Å². The maximum atomic E-state index is 12.9. The Morgan fingerprint density at radius 3 is 1.74 bits per heavy atom. The molecule has 0 atom stereocenters. The van der Waals surface area contributed by atoms with E-state index in [1.165, 1.54) is 0 Å². The fourth-order valence-electron chi connectivity index (χ4n) is 2.50. The Morgan fingerprint density at radius 1 is 0.852 bits per heavy atom. The number of rotatable bonds is 10. The molecule has 0 aliphatic rings. The molecule has 27 heavy (non-hydrogen) atoms. The van der Waals surface area contributed by atoms with Gasteiger partial charge in [0, 0.05) is 5.56 Å². The van der Waals surface area contributed by atoms with Crippen molar-refractivity contribution in [2.75, 3.05) is 0 Å². The van der Waals surface area contributed by atoms with Crippen molar-refractivity contribution in [1.82, 2.24) is 0 Å². The van der Waals surface area contributed by atoms with Crippen LogP contribution in [0.3, 0.4) is 0 Å². The number of ketones is 1. The molecule has 0 amide bonds. The van der Waals surface area contributed by atoms with Gasteiger partial charge in [-0.25, -0.2) is 0 Å². The van der Waals surface area contributed by atoms with Gasteiger partial charge in [-0.05, 0) is 90.5 Å². The molecule has 1 rings (SSSR count). The third-order valence-electron chi connectivity index (χ3n) is 3.22. The lowest BCUT2D eigenvalue weighted by Crippen LogP contribution is -2.44. The Hall–Kier alpha value is -0.562. The third kappa shape index (κ3) is 9.46. The molecule has 0 aromatic heterocycles. The van der Waals surface area contributed by atoms with E-state index in [1.807, 2.05) is 25.2 Å². The first-order chi connectivity index (χ1) is 12.1. The first-order valence-electron chi connectivity index (χ1n) is 9.16. The third-order valence-corrected chi connectivity index (χ3v) is 11.7. The molecule has 0 N–H and O–H groups in total. The van der Waals surface area contributed by atoms with Gasteiger partial charge in [0.1, 0.15) is 11.4 Å². The van der Waals surface area contributed by atoms with Gasteiger partial charge >= 0.3 is 18.6 Å². The summed E-state index contributed by atoms with van der Waals surface area (Å²) in [4.78, 5) is 12.9. The zero-order chi connectivity index (χ0) is 21.0. The number of carbonyl (C=O) groups is 1. The summed E-state index contributed by atoms with van der Waals surface area (Å²) in [5.41, 5.74) is -0.322. The highest BCUT2D eigenvalue weighted by Gasteiger charge is 2.34. The summed E-state index contributed by atoms with van der Waals surface area (Å²) in [6, 6.07) is 7.21. The van der Waals surface area contributed by atoms with Crippen molar-refractivity contribution >= 4 is 41.0 Å². The van der Waals surface area contributed by atoms with E-state index in [0.717, 1.165) is 5.75 Å². The standard InChI is InChI=1S/C18H34O5Si4/c1-18(2,21-25(4)23-27(8,9)10)17(19)15-11-13-16(14-12-15)20-24(3)22-26(5,6)7/h11-14H,1-10H3. The molecule has 9 heteroatoms. The average Bonchev–Trinajstić information content (AvgIpc) is 2.42. The van der Waals surface area contributed by atoms with Crippen molar-refractivity contribution in [1.29, 1.82) is 0 Å². The number of carbonyl (C=O) groups excluding carboxylic acids is 1. The maximum Gasteiger partial charge on any atom is 0.443 e. The van der Waals surface area contributed by atoms with E-state index in [4.69, 9.17) is 17.1 Å². The van der Waals surface area contributed by atoms with Crippen LogP contribution >= 0.6 is 0 Å². The first-order valence-corrected chi connectivity index (χ1v) is 19.6. The van der Waals surface area contributed by atoms with Crippen LogP contribution in [-0.2, 0) is 12.7 Å². The molecule has 0 saturated carbocycles. The van der Waals surface area contributed by atoms with Gasteiger partial charge in [0.2, 0.25) is 0 Å². The van der Waals surface area contributed by atoms with Crippen molar-refractivity contribution in [3.05, 3.63) is 29.8 Å². The van der Waals surface area contributed by atoms with Crippen LogP contribution < -0.4 is 4.43 Å². The highest BCUT2D eigenvalue weighted by atomic mass is 28.4. The van der Waals surface area contributed by atoms with E-state index in [0.29, 0.717) is 5.56 Å². The molecule has 1 aromatic carbocycles. The minimum absolute atomic E-state index is 0.0575. The highest BCUT2D eigenvalue weighted by Crippen LogP contribution is 2.22. The summed E-state index contributed by atoms with van der Waals surface area (Å²) in [5.74, 6) is 0.667. The minimum Gasteiger partial charge on any atom is -0.519 e. The normalized spacial score (nSPS) is 13.3. The highest BCUT2D eigenvalue weighted by molar-refractivity contribution is 6.76. The zero-order valence-electron chi connectivity index (χ0n) is 18.4. The van der Waals surface area contributed by atoms with Crippen molar-refractivity contribution < 1.29 is 21.9 Å². The van der Waals surface area contributed by atoms with Gasteiger partial charge in [-0.15, -0.1) is 0 Å². The minimum atomic E-state index is -1.69. The van der Waals surface area contributed by atoms with E-state index >= 15 is 0 Å². The van der Waals surface area contributed by atoms with Gasteiger partial charge in [-0.1, -0.05) is 0 Å². The maximum absolute atomic E-state index is 12.9. The molecule has 152 valence electrons. The molecule has 0 heterocycles. The molecular formula is C18H34O5Si4. The largest absolute Gasteiger partial charge is 0.519 e. The molecule has 5 nitrogen and oxygen atoms in total. The molecule has 2 radical (unpaired) electrons. The lowest BCUT2D eigenvalue weighted by atomic mass is 9.97. The lowest BCUT2D eigenvalue weighted by molar-refractivity contribution is 0.0518. The van der Waals surface area contributed by atoms with Gasteiger partial charge in [-0.3, -0.25) is 4.79 Å². The summed E-state index contributed by atoms with van der Waals surface area (Å²) in [6.45, 7) is 20.3. The van der Waals surface area contributed by atoms with E-state index < -0.39 is 40.8 Å². The van der Waals surface area contributed by atoms with E-state index in [9.17, 15) is 4.79 Å². The van der Waals surface area contributed by atoms with Crippen LogP contribution in [-0.4, -0.2) is 46.6 Å². The Labute approximate surface area is 170 Å². The Morgan fingerprint density at radius 2 is 1.30 bits per heavy atom. The van der Waals surface area contributed by atoms with Crippen LogP contribution in [0.5, 0.6) is 5.75 Å². The van der Waals surface area contributed by atoms with Crippen LogP contribution in [0.1, 0.15) is 24.2 Å². The zero-order valence-corrected chi connectivity index (χ0v) is 22.4. The van der Waals surface area contributed by atoms with Crippen molar-refractivity contribution in [3.8, 4) is 5.75 Å². The Bertz CT molecular complexity index is 620. The van der Waals surface area contributed by atoms with E-state index in [2.05, 4.69) is 39.3 Å². The molecule has 0 aliphatic carbocycles. The van der Waals surface area contributed by atoms with Gasteiger partial charge < -0.3 is 17.1 Å². The second-order valence-electron chi connectivity index (χ2n) is 8.98. The molecular weight excluding hydrogens is 409 g/mol. The SMILES string of the molecule is C[Si](Oc1ccc(C(=O)C(C)(C)O[Si](C)O[Si](C)(C)C)cc1)O[Si](C)(C)C. The van der Waals surface area contributed by atoms with E-state index in [1.54, 1.807) is 26.0 Å². The molecule has 0 aliphatic heterocycles. The number of hydrogen-bond acceptors (Lipinski definition) is 5. The van der Waals surface area contributed by atoms with Gasteiger partial charge in [-0.2, -0.15) is 0 Å². The summed E-state index contributed by atoms with van der Waals surface area (Å²) in [5, 5.41) is 0. The molecule has 0 spiro atoms. The summed E-state index contributed by atoms with van der Waals surface area (Å²) in [6.07, 6.45) is 0. The van der Waals surface area contributed by atoms with Gasteiger partial charge in [0.25, 0.3) is 0 Å². The fraction of sp³-hybridized carbons (Fsp3) is 0.611. The molecule has 0 unspecified atom stereocenters. The predicted octanol–water partition coefficient (Wildman–Crippen LogP) is 4.98. The Balaban J connectivity index is 2.75. The Kier molecular flexibility index (Phi) is 8.42. The van der Waals surface area contributed by atoms with E-state index in [-0.39, 0.29) is 5.78 Å². The lowest BCUT2D eigenvalue weighted by Gasteiger charge is -2.30. The van der Waals surface area contributed by atoms with Crippen molar-refractivity contribution in [3.63, 3.8) is 0 Å². The monoisotopic (exact) mass is 442 g/mol. The first kappa shape index (κ1) is 24.5. The summed E-state index contributed by atoms with van der Waals surface area (Å²) in [7, 11) is -6.14. The van der Waals surface area contributed by atoms with Crippen LogP contribution in [0.15, 0.2) is 24.3 Å². The number of benzene rings is 1. The topological polar surface area (TPSA) is 54.0 Å². The summed E-state index contributed by atoms with van der Waals surface area (Å²) >= 11 is 0. The van der Waals surface area contributed by atoms with Crippen LogP contribution in [0.25, 0.3) is 0 Å². The fourth-order valence-corrected chi connectivity index (χ4v) is 11.0. The van der Waals surface area contributed by atoms with Gasteiger partial charge in [0.05, 0.1) is 0 Å². The summed E-state index contributed by atoms with van der Waals surface area (Å²) < 4.78 is 23.9. The second-order valence-corrected chi connectivity index (χ2v) is 21.4. The van der Waals surface area contributed by atoms with Gasteiger partial charge in [0.15, 0.2) is 22.4 Å². The average molecular weight is 443 g/mol. The molecule has 0 bridgehead atoms. The predicted molar refractivity (Wildman–Crippen MR) is 119 cm³/mol. The van der Waals surface area contributed by atoms with Crippen molar-refractivity contribution in [2.45, 2.75) is 71.8 Å². The quantitative estimate of drug-likeness (QED) is 0.378.